The van der Waals surface area contributed by atoms with Gasteiger partial charge >= 0.3 is 12.1 Å². The Hall–Kier alpha value is -3.05. The minimum Gasteiger partial charge on any atom is -0.457 e. The number of nitrogens with zero attached hydrogens (tertiary/aromatic N) is 4. The molecule has 8 nitrogen and oxygen atoms in total. The van der Waals surface area contributed by atoms with Crippen LogP contribution in [-0.4, -0.2) is 58.0 Å². The monoisotopic (exact) mass is 490 g/mol. The van der Waals surface area contributed by atoms with E-state index in [1.54, 1.807) is 12.1 Å². The fourth-order valence-electron chi connectivity index (χ4n) is 5.39. The summed E-state index contributed by atoms with van der Waals surface area (Å²) in [5.74, 6) is -0.581. The highest BCUT2D eigenvalue weighted by Gasteiger charge is 2.49. The number of hydrogen-bond donors (Lipinski definition) is 1. The van der Waals surface area contributed by atoms with E-state index in [0.29, 0.717) is 51.0 Å². The molecule has 5 rings (SSSR count). The van der Waals surface area contributed by atoms with E-state index in [2.05, 4.69) is 14.9 Å². The van der Waals surface area contributed by atoms with Gasteiger partial charge in [-0.1, -0.05) is 6.07 Å². The van der Waals surface area contributed by atoms with Crippen LogP contribution in [0.4, 0.5) is 19.0 Å². The highest BCUT2D eigenvalue weighted by Crippen LogP contribution is 2.43. The number of aliphatic hydroxyl groups excluding tert-OH is 1. The number of β-amino-alcohol motifs (C(OH)–C–C–N with tert-alkyl or cyclic N) is 1. The third-order valence-corrected chi connectivity index (χ3v) is 7.54. The first-order chi connectivity index (χ1) is 16.6. The molecule has 3 aliphatic rings. The van der Waals surface area contributed by atoms with Gasteiger partial charge in [-0.25, -0.2) is 14.8 Å². The second kappa shape index (κ2) is 8.56. The molecule has 0 bridgehead atoms. The summed E-state index contributed by atoms with van der Waals surface area (Å²) in [6.07, 6.45) is -2.88. The van der Waals surface area contributed by atoms with Crippen molar-refractivity contribution < 1.29 is 32.6 Å². The van der Waals surface area contributed by atoms with Crippen LogP contribution in [0.25, 0.3) is 0 Å². The van der Waals surface area contributed by atoms with E-state index in [0.717, 1.165) is 29.1 Å². The number of piperidine rings is 1. The van der Waals surface area contributed by atoms with E-state index < -0.39 is 23.4 Å². The largest absolute Gasteiger partial charge is 0.457 e. The lowest BCUT2D eigenvalue weighted by atomic mass is 9.77. The standard InChI is InChI=1S/C24H25F3N4O4/c1-14-15(2-3-16-17(14)12-35-21(16)33)18(32)11-30-7-4-23(5-8-30)6-9-31(22(23)34)20-10-19(24(25,26)27)28-13-29-20/h2-3,10,13,18,32H,4-9,11-12H2,1H3/t18-/m0/s1. The van der Waals surface area contributed by atoms with Gasteiger partial charge in [-0.15, -0.1) is 0 Å². The van der Waals surface area contributed by atoms with Gasteiger partial charge in [0.15, 0.2) is 0 Å². The SMILES string of the molecule is Cc1c([C@@H](O)CN2CCC3(CC2)CCN(c2cc(C(F)(F)F)ncn2)C3=O)ccc2c1COC2=O. The summed E-state index contributed by atoms with van der Waals surface area (Å²) in [5.41, 5.74) is 1.23. The molecule has 0 aliphatic carbocycles. The summed E-state index contributed by atoms with van der Waals surface area (Å²) >= 11 is 0. The number of ether oxygens (including phenoxy) is 1. The normalized spacial score (nSPS) is 20.9. The van der Waals surface area contributed by atoms with Crippen molar-refractivity contribution in [3.8, 4) is 0 Å². The van der Waals surface area contributed by atoms with Gasteiger partial charge in [0.25, 0.3) is 0 Å². The number of rotatable bonds is 4. The van der Waals surface area contributed by atoms with Crippen molar-refractivity contribution in [2.24, 2.45) is 5.41 Å². The number of carbonyl (C=O) groups excluding carboxylic acids is 2. The van der Waals surface area contributed by atoms with Crippen LogP contribution >= 0.6 is 0 Å². The van der Waals surface area contributed by atoms with Gasteiger partial charge in [-0.2, -0.15) is 13.2 Å². The van der Waals surface area contributed by atoms with Crippen LogP contribution in [0.15, 0.2) is 24.5 Å². The van der Waals surface area contributed by atoms with E-state index in [1.807, 2.05) is 6.92 Å². The highest BCUT2D eigenvalue weighted by atomic mass is 19.4. The average Bonchev–Trinajstić information content (AvgIpc) is 3.36. The Morgan fingerprint density at radius 3 is 2.57 bits per heavy atom. The lowest BCUT2D eigenvalue weighted by Crippen LogP contribution is -2.45. The molecule has 0 radical (unpaired) electrons. The summed E-state index contributed by atoms with van der Waals surface area (Å²) in [4.78, 5) is 35.6. The second-order valence-electron chi connectivity index (χ2n) is 9.44. The molecule has 35 heavy (non-hydrogen) atoms. The highest BCUT2D eigenvalue weighted by molar-refractivity contribution is 5.99. The Kier molecular flexibility index (Phi) is 5.79. The number of benzene rings is 1. The zero-order chi connectivity index (χ0) is 25.0. The number of likely N-dealkylation sites (tertiary alicyclic amines) is 1. The molecule has 0 unspecified atom stereocenters. The summed E-state index contributed by atoms with van der Waals surface area (Å²) in [6.45, 7) is 3.93. The van der Waals surface area contributed by atoms with Crippen molar-refractivity contribution in [1.29, 1.82) is 0 Å². The Bertz CT molecular complexity index is 1180. The molecule has 2 fully saturated rings. The molecule has 4 heterocycles. The summed E-state index contributed by atoms with van der Waals surface area (Å²) in [7, 11) is 0. The molecule has 1 spiro atoms. The number of aliphatic hydroxyl groups is 1. The smallest absolute Gasteiger partial charge is 0.433 e. The molecule has 1 aromatic carbocycles. The van der Waals surface area contributed by atoms with Gasteiger partial charge in [0.05, 0.1) is 17.1 Å². The number of amides is 1. The van der Waals surface area contributed by atoms with Gasteiger partial charge in [0.2, 0.25) is 5.91 Å². The molecule has 2 saturated heterocycles. The number of cyclic esters (lactones) is 1. The first-order valence-corrected chi connectivity index (χ1v) is 11.5. The molecular formula is C24H25F3N4O4. The molecule has 11 heteroatoms. The Morgan fingerprint density at radius 2 is 1.86 bits per heavy atom. The predicted molar refractivity (Wildman–Crippen MR) is 117 cm³/mol. The van der Waals surface area contributed by atoms with Crippen LogP contribution in [-0.2, 0) is 22.3 Å². The number of aromatic nitrogens is 2. The quantitative estimate of drug-likeness (QED) is 0.659. The molecule has 1 amide bonds. The lowest BCUT2D eigenvalue weighted by molar-refractivity contribution is -0.141. The molecule has 1 aromatic heterocycles. The average molecular weight is 490 g/mol. The van der Waals surface area contributed by atoms with Crippen LogP contribution in [0.3, 0.4) is 0 Å². The third kappa shape index (κ3) is 4.16. The number of fused-ring (bicyclic) bond motifs is 1. The molecular weight excluding hydrogens is 465 g/mol. The van der Waals surface area contributed by atoms with Gasteiger partial charge < -0.3 is 14.7 Å². The summed E-state index contributed by atoms with van der Waals surface area (Å²) in [6, 6.07) is 4.26. The van der Waals surface area contributed by atoms with Gasteiger partial charge in [-0.3, -0.25) is 9.69 Å². The maximum atomic E-state index is 13.3. The zero-order valence-corrected chi connectivity index (χ0v) is 19.1. The van der Waals surface area contributed by atoms with Crippen LogP contribution in [0.5, 0.6) is 0 Å². The van der Waals surface area contributed by atoms with Gasteiger partial charge in [0, 0.05) is 24.7 Å². The minimum atomic E-state index is -4.61. The molecule has 2 aromatic rings. The topological polar surface area (TPSA) is 95.9 Å². The third-order valence-electron chi connectivity index (χ3n) is 7.54. The molecule has 3 aliphatic heterocycles. The van der Waals surface area contributed by atoms with Crippen molar-refractivity contribution in [2.75, 3.05) is 31.1 Å². The fraction of sp³-hybridized carbons (Fsp3) is 0.500. The maximum Gasteiger partial charge on any atom is 0.433 e. The number of carbonyl (C=O) groups is 2. The van der Waals surface area contributed by atoms with E-state index in [9.17, 15) is 27.9 Å². The van der Waals surface area contributed by atoms with E-state index in [1.165, 1.54) is 4.90 Å². The maximum absolute atomic E-state index is 13.3. The Balaban J connectivity index is 1.23. The molecule has 1 N–H and O–H groups in total. The molecule has 1 atom stereocenters. The van der Waals surface area contributed by atoms with Crippen LogP contribution in [0.2, 0.25) is 0 Å². The molecule has 0 saturated carbocycles. The predicted octanol–water partition coefficient (Wildman–Crippen LogP) is 3.03. The van der Waals surface area contributed by atoms with Crippen molar-refractivity contribution in [3.63, 3.8) is 0 Å². The fourth-order valence-corrected chi connectivity index (χ4v) is 5.39. The zero-order valence-electron chi connectivity index (χ0n) is 19.1. The summed E-state index contributed by atoms with van der Waals surface area (Å²) in [5, 5.41) is 10.9. The minimum absolute atomic E-state index is 0.0263. The Labute approximate surface area is 199 Å². The van der Waals surface area contributed by atoms with E-state index >= 15 is 0 Å². The number of halogens is 3. The van der Waals surface area contributed by atoms with Crippen molar-refractivity contribution in [1.82, 2.24) is 14.9 Å². The molecule has 186 valence electrons. The van der Waals surface area contributed by atoms with Crippen LogP contribution in [0, 0.1) is 12.3 Å². The van der Waals surface area contributed by atoms with E-state index in [-0.39, 0.29) is 24.3 Å². The van der Waals surface area contributed by atoms with Crippen LogP contribution in [0.1, 0.15) is 58.1 Å². The lowest BCUT2D eigenvalue weighted by Gasteiger charge is -2.38. The van der Waals surface area contributed by atoms with Crippen molar-refractivity contribution in [3.05, 3.63) is 52.5 Å². The Morgan fingerprint density at radius 1 is 1.14 bits per heavy atom. The van der Waals surface area contributed by atoms with Gasteiger partial charge in [-0.05, 0) is 56.5 Å². The van der Waals surface area contributed by atoms with Gasteiger partial charge in [0.1, 0.15) is 24.4 Å². The van der Waals surface area contributed by atoms with Crippen molar-refractivity contribution >= 4 is 17.7 Å². The first-order valence-electron chi connectivity index (χ1n) is 11.5. The second-order valence-corrected chi connectivity index (χ2v) is 9.44. The summed E-state index contributed by atoms with van der Waals surface area (Å²) < 4.78 is 44.2. The first kappa shape index (κ1) is 23.7. The van der Waals surface area contributed by atoms with E-state index in [4.69, 9.17) is 4.74 Å². The van der Waals surface area contributed by atoms with Crippen molar-refractivity contribution in [2.45, 2.75) is 45.1 Å². The number of anilines is 1. The number of alkyl halides is 3. The van der Waals surface area contributed by atoms with Crippen LogP contribution < -0.4 is 4.90 Å². The number of hydrogen-bond acceptors (Lipinski definition) is 7. The number of esters is 1.